The molecule has 0 saturated carbocycles. The van der Waals surface area contributed by atoms with Crippen molar-refractivity contribution < 1.29 is 34.7 Å². The Morgan fingerprint density at radius 3 is 1.66 bits per heavy atom. The lowest BCUT2D eigenvalue weighted by molar-refractivity contribution is -0.139. The van der Waals surface area contributed by atoms with Gasteiger partial charge in [0.15, 0.2) is 0 Å². The van der Waals surface area contributed by atoms with Crippen LogP contribution in [-0.4, -0.2) is 69.1 Å². The lowest BCUT2D eigenvalue weighted by Crippen LogP contribution is -2.33. The minimum Gasteiger partial charge on any atom is -0.455 e. The number of aliphatic hydroxyl groups excluding tert-OH is 4. The monoisotopic (exact) mass is 624 g/mol. The lowest BCUT2D eigenvalue weighted by Gasteiger charge is -2.23. The molecule has 0 aromatic heterocycles. The molecule has 258 valence electrons. The van der Waals surface area contributed by atoms with Gasteiger partial charge in [-0.15, -0.1) is 0 Å². The molecule has 2 aliphatic rings. The minimum atomic E-state index is -0.679. The summed E-state index contributed by atoms with van der Waals surface area (Å²) in [4.78, 5) is 11.6. The first-order valence-corrected chi connectivity index (χ1v) is 18.6. The van der Waals surface area contributed by atoms with Crippen molar-refractivity contribution in [3.8, 4) is 0 Å². The molecule has 7 atom stereocenters. The van der Waals surface area contributed by atoms with E-state index in [0.29, 0.717) is 31.3 Å². The average Bonchev–Trinajstić information content (AvgIpc) is 3.62. The van der Waals surface area contributed by atoms with Crippen molar-refractivity contribution in [3.05, 3.63) is 11.6 Å². The molecule has 2 heterocycles. The van der Waals surface area contributed by atoms with E-state index >= 15 is 0 Å². The van der Waals surface area contributed by atoms with Crippen molar-refractivity contribution in [1.82, 2.24) is 0 Å². The largest absolute Gasteiger partial charge is 0.455 e. The van der Waals surface area contributed by atoms with E-state index in [9.17, 15) is 25.2 Å². The molecule has 1 saturated heterocycles. The predicted molar refractivity (Wildman–Crippen MR) is 177 cm³/mol. The van der Waals surface area contributed by atoms with E-state index < -0.39 is 18.3 Å². The summed E-state index contributed by atoms with van der Waals surface area (Å²) in [5.74, 6) is -0.240. The van der Waals surface area contributed by atoms with Crippen molar-refractivity contribution in [2.45, 2.75) is 217 Å². The maximum atomic E-state index is 11.6. The number of hydrogen-bond acceptors (Lipinski definition) is 7. The van der Waals surface area contributed by atoms with E-state index in [1.807, 2.05) is 13.0 Å². The molecule has 2 rings (SSSR count). The zero-order chi connectivity index (χ0) is 32.0. The molecular weight excluding hydrogens is 556 g/mol. The standard InChI is InChI=1S/C37H68O7/c1-3-4-5-6-7-8-9-13-16-19-22-33(40)35-25-26-36(44-35)34(41)28-32(39)21-18-15-12-10-11-14-17-20-31(38)24-23-30-27-29(2)43-37(30)42/h27,29,31-36,38-41H,3-26,28H2,1-2H3/t29-,31?,32?,33+,34+,35+,36+/m0/s1. The van der Waals surface area contributed by atoms with Crippen LogP contribution < -0.4 is 0 Å². The number of rotatable bonds is 28. The third kappa shape index (κ3) is 17.6. The van der Waals surface area contributed by atoms with Crippen LogP contribution >= 0.6 is 0 Å². The zero-order valence-electron chi connectivity index (χ0n) is 28.3. The molecule has 0 radical (unpaired) electrons. The van der Waals surface area contributed by atoms with Crippen LogP contribution in [0, 0.1) is 0 Å². The average molecular weight is 625 g/mol. The summed E-state index contributed by atoms with van der Waals surface area (Å²) in [6.45, 7) is 4.10. The van der Waals surface area contributed by atoms with E-state index in [1.165, 1.54) is 57.8 Å². The molecule has 0 spiro atoms. The third-order valence-corrected chi connectivity index (χ3v) is 9.62. The molecular formula is C37H68O7. The van der Waals surface area contributed by atoms with Crippen molar-refractivity contribution in [2.75, 3.05) is 0 Å². The molecule has 2 aliphatic heterocycles. The Hall–Kier alpha value is -0.990. The fourth-order valence-electron chi connectivity index (χ4n) is 6.76. The second kappa shape index (κ2) is 24.2. The van der Waals surface area contributed by atoms with Gasteiger partial charge in [0.05, 0.1) is 36.6 Å². The Bertz CT molecular complexity index is 756. The normalized spacial score (nSPS) is 23.0. The Morgan fingerprint density at radius 2 is 1.14 bits per heavy atom. The Balaban J connectivity index is 1.39. The van der Waals surface area contributed by atoms with Crippen molar-refractivity contribution in [2.24, 2.45) is 0 Å². The van der Waals surface area contributed by atoms with Crippen LogP contribution in [0.5, 0.6) is 0 Å². The highest BCUT2D eigenvalue weighted by atomic mass is 16.5. The molecule has 7 heteroatoms. The van der Waals surface area contributed by atoms with Crippen molar-refractivity contribution >= 4 is 5.97 Å². The maximum absolute atomic E-state index is 11.6. The summed E-state index contributed by atoms with van der Waals surface area (Å²) in [5.41, 5.74) is 0.696. The Kier molecular flexibility index (Phi) is 21.6. The number of hydrogen-bond donors (Lipinski definition) is 4. The van der Waals surface area contributed by atoms with Gasteiger partial charge in [0.25, 0.3) is 0 Å². The summed E-state index contributed by atoms with van der Waals surface area (Å²) in [6.07, 6.45) is 24.9. The molecule has 2 unspecified atom stereocenters. The maximum Gasteiger partial charge on any atom is 0.334 e. The molecule has 1 fully saturated rings. The quantitative estimate of drug-likeness (QED) is 0.0518. The highest BCUT2D eigenvalue weighted by Gasteiger charge is 2.35. The number of esters is 1. The minimum absolute atomic E-state index is 0.145. The van der Waals surface area contributed by atoms with E-state index in [-0.39, 0.29) is 30.4 Å². The van der Waals surface area contributed by atoms with Gasteiger partial charge >= 0.3 is 5.97 Å². The van der Waals surface area contributed by atoms with Gasteiger partial charge in [-0.2, -0.15) is 0 Å². The number of unbranched alkanes of at least 4 members (excludes halogenated alkanes) is 15. The molecule has 0 bridgehead atoms. The third-order valence-electron chi connectivity index (χ3n) is 9.62. The lowest BCUT2D eigenvalue weighted by atomic mass is 9.98. The molecule has 7 nitrogen and oxygen atoms in total. The molecule has 0 aromatic rings. The molecule has 44 heavy (non-hydrogen) atoms. The highest BCUT2D eigenvalue weighted by Crippen LogP contribution is 2.29. The number of aliphatic hydroxyl groups is 4. The molecule has 0 aromatic carbocycles. The predicted octanol–water partition coefficient (Wildman–Crippen LogP) is 7.84. The van der Waals surface area contributed by atoms with Crippen LogP contribution in [0.4, 0.5) is 0 Å². The zero-order valence-corrected chi connectivity index (χ0v) is 28.3. The summed E-state index contributed by atoms with van der Waals surface area (Å²) >= 11 is 0. The first-order chi connectivity index (χ1) is 21.3. The van der Waals surface area contributed by atoms with E-state index in [1.54, 1.807) is 0 Å². The van der Waals surface area contributed by atoms with Gasteiger partial charge in [-0.1, -0.05) is 116 Å². The van der Waals surface area contributed by atoms with E-state index in [0.717, 1.165) is 77.0 Å². The second-order valence-electron chi connectivity index (χ2n) is 13.8. The Morgan fingerprint density at radius 1 is 0.659 bits per heavy atom. The van der Waals surface area contributed by atoms with Crippen LogP contribution in [0.2, 0.25) is 0 Å². The van der Waals surface area contributed by atoms with Gasteiger partial charge in [0, 0.05) is 12.0 Å². The summed E-state index contributed by atoms with van der Waals surface area (Å²) in [7, 11) is 0. The number of carbonyl (C=O) groups excluding carboxylic acids is 1. The van der Waals surface area contributed by atoms with Gasteiger partial charge in [-0.25, -0.2) is 4.79 Å². The fourth-order valence-corrected chi connectivity index (χ4v) is 6.76. The summed E-state index contributed by atoms with van der Waals surface area (Å²) < 4.78 is 11.1. The summed E-state index contributed by atoms with van der Waals surface area (Å²) in [5, 5.41) is 41.9. The smallest absolute Gasteiger partial charge is 0.334 e. The van der Waals surface area contributed by atoms with Crippen LogP contribution in [0.1, 0.15) is 174 Å². The highest BCUT2D eigenvalue weighted by molar-refractivity contribution is 5.90. The Labute approximate surface area is 269 Å². The molecule has 4 N–H and O–H groups in total. The first-order valence-electron chi connectivity index (χ1n) is 18.6. The summed E-state index contributed by atoms with van der Waals surface area (Å²) in [6, 6.07) is 0. The van der Waals surface area contributed by atoms with Crippen LogP contribution in [-0.2, 0) is 14.3 Å². The number of carbonyl (C=O) groups is 1. The van der Waals surface area contributed by atoms with Gasteiger partial charge in [0.1, 0.15) is 6.10 Å². The molecule has 0 amide bonds. The van der Waals surface area contributed by atoms with Crippen LogP contribution in [0.15, 0.2) is 11.6 Å². The van der Waals surface area contributed by atoms with Gasteiger partial charge in [-0.05, 0) is 57.9 Å². The van der Waals surface area contributed by atoms with Gasteiger partial charge in [-0.3, -0.25) is 0 Å². The first kappa shape index (κ1) is 39.2. The second-order valence-corrected chi connectivity index (χ2v) is 13.8. The topological polar surface area (TPSA) is 116 Å². The van der Waals surface area contributed by atoms with E-state index in [4.69, 9.17) is 9.47 Å². The molecule has 0 aliphatic carbocycles. The number of ether oxygens (including phenoxy) is 2. The van der Waals surface area contributed by atoms with Crippen LogP contribution in [0.3, 0.4) is 0 Å². The fraction of sp³-hybridized carbons (Fsp3) is 0.919. The number of cyclic esters (lactones) is 1. The van der Waals surface area contributed by atoms with Crippen molar-refractivity contribution in [1.29, 1.82) is 0 Å². The van der Waals surface area contributed by atoms with Crippen molar-refractivity contribution in [3.63, 3.8) is 0 Å². The van der Waals surface area contributed by atoms with Crippen LogP contribution in [0.25, 0.3) is 0 Å². The van der Waals surface area contributed by atoms with Gasteiger partial charge in [0.2, 0.25) is 0 Å². The van der Waals surface area contributed by atoms with Gasteiger partial charge < -0.3 is 29.9 Å². The SMILES string of the molecule is CCCCCCCCCCCC[C@@H](O)[C@H]1CC[C@H]([C@H](O)CC(O)CCCCCCCCCC(O)CCC2=C[C@H](C)OC2=O)O1. The van der Waals surface area contributed by atoms with E-state index in [2.05, 4.69) is 6.92 Å².